The molecule has 2 aromatic rings. The lowest BCUT2D eigenvalue weighted by molar-refractivity contribution is -0.00595. The molecule has 2 atom stereocenters. The molecule has 0 bridgehead atoms. The van der Waals surface area contributed by atoms with Gasteiger partial charge in [-0.05, 0) is 49.8 Å². The van der Waals surface area contributed by atoms with Crippen LogP contribution in [0.1, 0.15) is 54.6 Å². The summed E-state index contributed by atoms with van der Waals surface area (Å²) in [5.41, 5.74) is 3.60. The van der Waals surface area contributed by atoms with Crippen molar-refractivity contribution in [1.82, 2.24) is 14.7 Å². The summed E-state index contributed by atoms with van der Waals surface area (Å²) in [5.74, 6) is -2.59. The van der Waals surface area contributed by atoms with Gasteiger partial charge in [-0.25, -0.2) is 23.1 Å². The number of hydrogen-bond acceptors (Lipinski definition) is 5. The first-order valence-corrected chi connectivity index (χ1v) is 12.2. The largest absolute Gasteiger partial charge is 0.338 e. The van der Waals surface area contributed by atoms with Gasteiger partial charge < -0.3 is 4.90 Å². The molecule has 30 heavy (non-hydrogen) atoms. The van der Waals surface area contributed by atoms with Crippen LogP contribution in [0, 0.1) is 0 Å². The van der Waals surface area contributed by atoms with Crippen LogP contribution in [0.15, 0.2) is 18.2 Å². The summed E-state index contributed by atoms with van der Waals surface area (Å²) in [6.45, 7) is 2.80. The molecule has 1 fully saturated rings. The predicted molar refractivity (Wildman–Crippen MR) is 110 cm³/mol. The van der Waals surface area contributed by atoms with E-state index in [-0.39, 0.29) is 30.6 Å². The van der Waals surface area contributed by atoms with Crippen LogP contribution in [-0.2, 0) is 28.8 Å². The third-order valence-electron chi connectivity index (χ3n) is 6.46. The van der Waals surface area contributed by atoms with Crippen molar-refractivity contribution in [2.75, 3.05) is 17.7 Å². The summed E-state index contributed by atoms with van der Waals surface area (Å²) in [6.07, 6.45) is 3.57. The molecule has 1 saturated heterocycles. The van der Waals surface area contributed by atoms with Crippen LogP contribution in [0.3, 0.4) is 0 Å². The van der Waals surface area contributed by atoms with E-state index in [9.17, 15) is 17.2 Å². The monoisotopic (exact) mass is 434 g/mol. The molecule has 160 valence electrons. The van der Waals surface area contributed by atoms with E-state index in [2.05, 4.69) is 9.71 Å². The SMILES string of the molecule is C[C@H]1CCN1c1nc(-c2ccc3c(c2)C(NS(C)(=O)=O)CC3)c2c(n1)C(F)(F)CC2. The Kier molecular flexibility index (Phi) is 4.41. The van der Waals surface area contributed by atoms with Gasteiger partial charge in [0.1, 0.15) is 5.69 Å². The molecular weight excluding hydrogens is 410 g/mol. The second kappa shape index (κ2) is 6.68. The molecule has 3 aliphatic rings. The average molecular weight is 435 g/mol. The summed E-state index contributed by atoms with van der Waals surface area (Å²) in [7, 11) is -3.35. The minimum atomic E-state index is -3.35. The molecular formula is C21H24F2N4O2S. The lowest BCUT2D eigenvalue weighted by Crippen LogP contribution is -2.47. The van der Waals surface area contributed by atoms with Gasteiger partial charge in [0.25, 0.3) is 5.92 Å². The van der Waals surface area contributed by atoms with Gasteiger partial charge in [0.2, 0.25) is 16.0 Å². The highest BCUT2D eigenvalue weighted by Crippen LogP contribution is 2.45. The predicted octanol–water partition coefficient (Wildman–Crippen LogP) is 3.32. The third-order valence-corrected chi connectivity index (χ3v) is 7.17. The number of aryl methyl sites for hydroxylation is 1. The topological polar surface area (TPSA) is 75.2 Å². The number of hydrogen-bond donors (Lipinski definition) is 1. The molecule has 5 rings (SSSR count). The Balaban J connectivity index is 1.62. The number of fused-ring (bicyclic) bond motifs is 2. The standard InChI is InChI=1S/C21H24F2N4O2S/c1-12-8-10-27(12)20-24-18(15-7-9-21(22,23)19(15)25-20)14-4-3-13-5-6-17(16(13)11-14)26-30(2,28)29/h3-4,11-12,17,26H,5-10H2,1-2H3/t12-,17?/m0/s1. The van der Waals surface area contributed by atoms with Crippen LogP contribution in [0.25, 0.3) is 11.3 Å². The number of nitrogens with zero attached hydrogens (tertiary/aromatic N) is 3. The molecule has 0 radical (unpaired) electrons. The van der Waals surface area contributed by atoms with Gasteiger partial charge in [0.15, 0.2) is 0 Å². The Morgan fingerprint density at radius 1 is 1.20 bits per heavy atom. The minimum Gasteiger partial charge on any atom is -0.338 e. The summed E-state index contributed by atoms with van der Waals surface area (Å²) in [4.78, 5) is 11.0. The zero-order valence-electron chi connectivity index (χ0n) is 17.0. The van der Waals surface area contributed by atoms with Crippen molar-refractivity contribution in [3.63, 3.8) is 0 Å². The molecule has 1 aromatic carbocycles. The molecule has 2 heterocycles. The van der Waals surface area contributed by atoms with E-state index in [4.69, 9.17) is 4.98 Å². The molecule has 6 nitrogen and oxygen atoms in total. The third kappa shape index (κ3) is 3.28. The van der Waals surface area contributed by atoms with E-state index in [1.54, 1.807) is 0 Å². The number of alkyl halides is 2. The molecule has 0 amide bonds. The first-order chi connectivity index (χ1) is 14.1. The Hall–Kier alpha value is -2.13. The van der Waals surface area contributed by atoms with E-state index in [1.807, 2.05) is 30.0 Å². The maximum absolute atomic E-state index is 14.6. The number of nitrogens with one attached hydrogen (secondary N) is 1. The molecule has 0 saturated carbocycles. The van der Waals surface area contributed by atoms with Crippen LogP contribution >= 0.6 is 0 Å². The Morgan fingerprint density at radius 2 is 2.00 bits per heavy atom. The van der Waals surface area contributed by atoms with Crippen molar-refractivity contribution >= 4 is 16.0 Å². The van der Waals surface area contributed by atoms with Crippen molar-refractivity contribution in [2.45, 2.75) is 57.0 Å². The van der Waals surface area contributed by atoms with Crippen molar-refractivity contribution in [3.8, 4) is 11.3 Å². The van der Waals surface area contributed by atoms with Gasteiger partial charge in [-0.15, -0.1) is 0 Å². The summed E-state index contributed by atoms with van der Waals surface area (Å²) < 4.78 is 55.3. The van der Waals surface area contributed by atoms with E-state index in [1.165, 1.54) is 0 Å². The van der Waals surface area contributed by atoms with Gasteiger partial charge in [-0.2, -0.15) is 8.78 Å². The van der Waals surface area contributed by atoms with Crippen molar-refractivity contribution < 1.29 is 17.2 Å². The lowest BCUT2D eigenvalue weighted by Gasteiger charge is -2.39. The zero-order valence-corrected chi connectivity index (χ0v) is 17.8. The number of rotatable bonds is 4. The molecule has 0 spiro atoms. The smallest absolute Gasteiger partial charge is 0.290 e. The number of anilines is 1. The van der Waals surface area contributed by atoms with Crippen LogP contribution in [0.2, 0.25) is 0 Å². The van der Waals surface area contributed by atoms with Crippen molar-refractivity contribution in [1.29, 1.82) is 0 Å². The number of sulfonamides is 1. The first-order valence-electron chi connectivity index (χ1n) is 10.3. The molecule has 1 aromatic heterocycles. The highest BCUT2D eigenvalue weighted by Gasteiger charge is 2.44. The number of benzene rings is 1. The van der Waals surface area contributed by atoms with Gasteiger partial charge in [0, 0.05) is 36.2 Å². The normalized spacial score (nSPS) is 24.5. The van der Waals surface area contributed by atoms with Crippen molar-refractivity contribution in [2.24, 2.45) is 0 Å². The van der Waals surface area contributed by atoms with Gasteiger partial charge in [-0.1, -0.05) is 12.1 Å². The molecule has 1 unspecified atom stereocenters. The molecule has 1 N–H and O–H groups in total. The Labute approximate surface area is 174 Å². The minimum absolute atomic E-state index is 0.159. The zero-order chi connectivity index (χ0) is 21.3. The number of halogens is 2. The Bertz CT molecular complexity index is 1140. The second-order valence-corrected chi connectivity index (χ2v) is 10.4. The van der Waals surface area contributed by atoms with Gasteiger partial charge in [0.05, 0.1) is 11.9 Å². The summed E-state index contributed by atoms with van der Waals surface area (Å²) >= 11 is 0. The maximum Gasteiger partial charge on any atom is 0.290 e. The highest BCUT2D eigenvalue weighted by molar-refractivity contribution is 7.88. The van der Waals surface area contributed by atoms with Crippen LogP contribution < -0.4 is 9.62 Å². The molecule has 9 heteroatoms. The fraction of sp³-hybridized carbons (Fsp3) is 0.524. The van der Waals surface area contributed by atoms with Crippen LogP contribution in [0.4, 0.5) is 14.7 Å². The quantitative estimate of drug-likeness (QED) is 0.799. The lowest BCUT2D eigenvalue weighted by atomic mass is 9.99. The Morgan fingerprint density at radius 3 is 2.67 bits per heavy atom. The fourth-order valence-corrected chi connectivity index (χ4v) is 5.48. The molecule has 2 aliphatic carbocycles. The van der Waals surface area contributed by atoms with Gasteiger partial charge in [-0.3, -0.25) is 0 Å². The van der Waals surface area contributed by atoms with Crippen molar-refractivity contribution in [3.05, 3.63) is 40.6 Å². The van der Waals surface area contributed by atoms with Crippen LogP contribution in [-0.4, -0.2) is 37.2 Å². The average Bonchev–Trinajstić information content (AvgIpc) is 3.19. The van der Waals surface area contributed by atoms with Crippen LogP contribution in [0.5, 0.6) is 0 Å². The number of aromatic nitrogens is 2. The van der Waals surface area contributed by atoms with E-state index in [0.717, 1.165) is 42.3 Å². The van der Waals surface area contributed by atoms with Gasteiger partial charge >= 0.3 is 0 Å². The maximum atomic E-state index is 14.6. The first kappa shape index (κ1) is 19.8. The van der Waals surface area contributed by atoms with E-state index in [0.29, 0.717) is 23.6 Å². The fourth-order valence-electron chi connectivity index (χ4n) is 4.72. The summed E-state index contributed by atoms with van der Waals surface area (Å²) in [6, 6.07) is 5.70. The van der Waals surface area contributed by atoms with E-state index < -0.39 is 15.9 Å². The molecule has 1 aliphatic heterocycles. The highest BCUT2D eigenvalue weighted by atomic mass is 32.2. The van der Waals surface area contributed by atoms with E-state index >= 15 is 0 Å². The summed E-state index contributed by atoms with van der Waals surface area (Å²) in [5, 5.41) is 0. The second-order valence-electron chi connectivity index (χ2n) is 8.63.